The van der Waals surface area contributed by atoms with Gasteiger partial charge >= 0.3 is 18.1 Å². The minimum atomic E-state index is -4.88. The number of carboxylic acid groups (broad SMARTS) is 1. The molecule has 4 rings (SSSR count). The first kappa shape index (κ1) is 24.7. The van der Waals surface area contributed by atoms with Crippen LogP contribution in [-0.4, -0.2) is 46.2 Å². The van der Waals surface area contributed by atoms with Crippen LogP contribution >= 0.6 is 0 Å². The standard InChI is InChI=1S/C23H21F3N2O7/c1-3-22-14(34-16(31)7-6-15(29)30)9-21(2,35-22)17-18(22)20(33)28(19(17)32)12-5-4-11(10-27)13(8-12)23(24,25)26/h4-5,8,14,17-18H,3,6-7,9H2,1-2H3,(H,29,30)/t14-,17+,18-,21?,22?/m1/s1. The number of hydrogen-bond donors (Lipinski definition) is 1. The Morgan fingerprint density at radius 1 is 1.26 bits per heavy atom. The van der Waals surface area contributed by atoms with Gasteiger partial charge < -0.3 is 14.6 Å². The molecule has 0 saturated carbocycles. The molecule has 2 bridgehead atoms. The van der Waals surface area contributed by atoms with Gasteiger partial charge in [-0.25, -0.2) is 4.90 Å². The second kappa shape index (κ2) is 8.05. The molecule has 3 heterocycles. The number of alkyl halides is 3. The van der Waals surface area contributed by atoms with Crippen LogP contribution in [-0.2, 0) is 34.8 Å². The van der Waals surface area contributed by atoms with Gasteiger partial charge in [0.15, 0.2) is 0 Å². The second-order valence-corrected chi connectivity index (χ2v) is 9.11. The minimum absolute atomic E-state index is 0.0643. The highest BCUT2D eigenvalue weighted by molar-refractivity contribution is 6.23. The number of nitrogens with zero attached hydrogens (tertiary/aromatic N) is 2. The fourth-order valence-corrected chi connectivity index (χ4v) is 5.66. The molecule has 3 aliphatic heterocycles. The molecule has 2 amide bonds. The molecule has 1 aromatic carbocycles. The first-order valence-corrected chi connectivity index (χ1v) is 10.9. The van der Waals surface area contributed by atoms with Crippen LogP contribution < -0.4 is 4.90 Å². The summed E-state index contributed by atoms with van der Waals surface area (Å²) in [7, 11) is 0. The molecule has 0 aliphatic carbocycles. The van der Waals surface area contributed by atoms with Gasteiger partial charge in [-0.1, -0.05) is 6.92 Å². The lowest BCUT2D eigenvalue weighted by Crippen LogP contribution is -2.52. The van der Waals surface area contributed by atoms with Gasteiger partial charge in [0, 0.05) is 6.42 Å². The monoisotopic (exact) mass is 494 g/mol. The third-order valence-corrected chi connectivity index (χ3v) is 7.11. The van der Waals surface area contributed by atoms with Crippen LogP contribution in [0, 0.1) is 23.2 Å². The number of imide groups is 1. The fraction of sp³-hybridized carbons (Fsp3) is 0.522. The number of aliphatic carboxylic acids is 1. The molecule has 1 N–H and O–H groups in total. The summed E-state index contributed by atoms with van der Waals surface area (Å²) >= 11 is 0. The summed E-state index contributed by atoms with van der Waals surface area (Å²) in [4.78, 5) is 50.6. The minimum Gasteiger partial charge on any atom is -0.481 e. The first-order chi connectivity index (χ1) is 16.3. The SMILES string of the molecule is CCC12OC(C)(C[C@H]1OC(=O)CCC(=O)O)[C@@H]1C(=O)N(c3ccc(C#N)c(C(F)(F)F)c3)C(=O)[C@@H]12. The topological polar surface area (TPSA) is 134 Å². The Balaban J connectivity index is 1.69. The summed E-state index contributed by atoms with van der Waals surface area (Å²) in [6.45, 7) is 3.26. The molecule has 3 fully saturated rings. The smallest absolute Gasteiger partial charge is 0.417 e. The highest BCUT2D eigenvalue weighted by Crippen LogP contribution is 2.63. The van der Waals surface area contributed by atoms with Crippen molar-refractivity contribution in [2.75, 3.05) is 4.90 Å². The van der Waals surface area contributed by atoms with Gasteiger partial charge in [0.05, 0.1) is 53.2 Å². The van der Waals surface area contributed by atoms with E-state index in [1.165, 1.54) is 6.07 Å². The number of halogens is 3. The van der Waals surface area contributed by atoms with Crippen LogP contribution in [0.15, 0.2) is 18.2 Å². The van der Waals surface area contributed by atoms with E-state index < -0.39 is 76.6 Å². The molecule has 0 aromatic heterocycles. The number of nitriles is 1. The molecule has 3 aliphatic rings. The summed E-state index contributed by atoms with van der Waals surface area (Å²) in [5, 5.41) is 17.8. The average molecular weight is 494 g/mol. The van der Waals surface area contributed by atoms with Crippen LogP contribution in [0.5, 0.6) is 0 Å². The predicted octanol–water partition coefficient (Wildman–Crippen LogP) is 2.80. The van der Waals surface area contributed by atoms with Crippen LogP contribution in [0.2, 0.25) is 0 Å². The Morgan fingerprint density at radius 2 is 1.91 bits per heavy atom. The quantitative estimate of drug-likeness (QED) is 0.471. The van der Waals surface area contributed by atoms with Crippen LogP contribution in [0.4, 0.5) is 18.9 Å². The Kier molecular flexibility index (Phi) is 5.67. The number of hydrogen-bond acceptors (Lipinski definition) is 7. The van der Waals surface area contributed by atoms with Crippen molar-refractivity contribution in [2.45, 2.75) is 63.0 Å². The van der Waals surface area contributed by atoms with Crippen molar-refractivity contribution in [1.82, 2.24) is 0 Å². The molecule has 35 heavy (non-hydrogen) atoms. The van der Waals surface area contributed by atoms with Crippen molar-refractivity contribution in [3.05, 3.63) is 29.3 Å². The molecular weight excluding hydrogens is 473 g/mol. The third kappa shape index (κ3) is 3.65. The van der Waals surface area contributed by atoms with Crippen molar-refractivity contribution in [2.24, 2.45) is 11.8 Å². The van der Waals surface area contributed by atoms with Gasteiger partial charge in [0.2, 0.25) is 11.8 Å². The Morgan fingerprint density at radius 3 is 2.49 bits per heavy atom. The normalized spacial score (nSPS) is 31.4. The van der Waals surface area contributed by atoms with E-state index in [2.05, 4.69) is 0 Å². The van der Waals surface area contributed by atoms with E-state index in [1.807, 2.05) is 0 Å². The molecule has 0 spiro atoms. The molecular formula is C23H21F3N2O7. The number of anilines is 1. The van der Waals surface area contributed by atoms with E-state index in [-0.39, 0.29) is 24.9 Å². The lowest BCUT2D eigenvalue weighted by Gasteiger charge is -2.36. The van der Waals surface area contributed by atoms with Crippen molar-refractivity contribution < 1.29 is 46.9 Å². The molecule has 12 heteroatoms. The summed E-state index contributed by atoms with van der Waals surface area (Å²) in [5.74, 6) is -5.61. The van der Waals surface area contributed by atoms with E-state index in [1.54, 1.807) is 13.8 Å². The Labute approximate surface area is 197 Å². The van der Waals surface area contributed by atoms with E-state index in [4.69, 9.17) is 19.8 Å². The van der Waals surface area contributed by atoms with Crippen molar-refractivity contribution in [3.63, 3.8) is 0 Å². The Hall–Kier alpha value is -3.46. The maximum Gasteiger partial charge on any atom is 0.417 e. The molecule has 5 atom stereocenters. The van der Waals surface area contributed by atoms with E-state index in [0.29, 0.717) is 11.0 Å². The zero-order valence-electron chi connectivity index (χ0n) is 18.7. The van der Waals surface area contributed by atoms with Gasteiger partial charge in [-0.05, 0) is 31.5 Å². The summed E-state index contributed by atoms with van der Waals surface area (Å²) in [6.07, 6.45) is -6.43. The summed E-state index contributed by atoms with van der Waals surface area (Å²) < 4.78 is 52.1. The van der Waals surface area contributed by atoms with Crippen LogP contribution in [0.3, 0.4) is 0 Å². The second-order valence-electron chi connectivity index (χ2n) is 9.11. The number of ether oxygens (including phenoxy) is 2. The molecule has 3 saturated heterocycles. The lowest BCUT2D eigenvalue weighted by atomic mass is 9.66. The number of amides is 2. The zero-order valence-corrected chi connectivity index (χ0v) is 18.7. The van der Waals surface area contributed by atoms with Gasteiger partial charge in [0.1, 0.15) is 11.7 Å². The largest absolute Gasteiger partial charge is 0.481 e. The van der Waals surface area contributed by atoms with Crippen LogP contribution in [0.1, 0.15) is 50.7 Å². The van der Waals surface area contributed by atoms with E-state index in [0.717, 1.165) is 12.1 Å². The molecule has 2 unspecified atom stereocenters. The average Bonchev–Trinajstić information content (AvgIpc) is 3.33. The van der Waals surface area contributed by atoms with Gasteiger partial charge in [0.25, 0.3) is 0 Å². The maximum atomic E-state index is 13.5. The van der Waals surface area contributed by atoms with Crippen LogP contribution in [0.25, 0.3) is 0 Å². The fourth-order valence-electron chi connectivity index (χ4n) is 5.66. The van der Waals surface area contributed by atoms with Gasteiger partial charge in [-0.3, -0.25) is 19.2 Å². The molecule has 0 radical (unpaired) electrons. The van der Waals surface area contributed by atoms with Crippen molar-refractivity contribution >= 4 is 29.4 Å². The lowest BCUT2D eigenvalue weighted by molar-refractivity contribution is -0.165. The number of benzene rings is 1. The van der Waals surface area contributed by atoms with Crippen molar-refractivity contribution in [1.29, 1.82) is 5.26 Å². The molecule has 9 nitrogen and oxygen atoms in total. The molecule has 186 valence electrons. The number of esters is 1. The first-order valence-electron chi connectivity index (χ1n) is 10.9. The van der Waals surface area contributed by atoms with Gasteiger partial charge in [-0.2, -0.15) is 18.4 Å². The number of rotatable bonds is 6. The predicted molar refractivity (Wildman–Crippen MR) is 110 cm³/mol. The molecule has 1 aromatic rings. The third-order valence-electron chi connectivity index (χ3n) is 7.11. The number of carbonyl (C=O) groups excluding carboxylic acids is 3. The Bertz CT molecular complexity index is 1180. The van der Waals surface area contributed by atoms with Crippen molar-refractivity contribution in [3.8, 4) is 6.07 Å². The number of fused-ring (bicyclic) bond motifs is 5. The number of carbonyl (C=O) groups is 4. The highest BCUT2D eigenvalue weighted by atomic mass is 19.4. The van der Waals surface area contributed by atoms with E-state index in [9.17, 15) is 32.3 Å². The maximum absolute atomic E-state index is 13.5. The van der Waals surface area contributed by atoms with E-state index >= 15 is 0 Å². The highest BCUT2D eigenvalue weighted by Gasteiger charge is 2.77. The summed E-state index contributed by atoms with van der Waals surface area (Å²) in [6, 6.07) is 4.07. The number of carboxylic acids is 1. The van der Waals surface area contributed by atoms with Gasteiger partial charge in [-0.15, -0.1) is 0 Å². The zero-order chi connectivity index (χ0) is 25.9. The summed E-state index contributed by atoms with van der Waals surface area (Å²) in [5.41, 5.74) is -4.84.